The summed E-state index contributed by atoms with van der Waals surface area (Å²) < 4.78 is 18.3. The summed E-state index contributed by atoms with van der Waals surface area (Å²) in [7, 11) is 1.48. The Morgan fingerprint density at radius 3 is 2.89 bits per heavy atom. The first-order valence-corrected chi connectivity index (χ1v) is 6.68. The van der Waals surface area contributed by atoms with Crippen LogP contribution < -0.4 is 10.1 Å². The molecule has 1 heterocycles. The first kappa shape index (κ1) is 13.1. The predicted molar refractivity (Wildman–Crippen MR) is 72.5 cm³/mol. The highest BCUT2D eigenvalue weighted by molar-refractivity contribution is 7.09. The summed E-state index contributed by atoms with van der Waals surface area (Å²) in [4.78, 5) is 1.29. The Morgan fingerprint density at radius 1 is 1.39 bits per heavy atom. The zero-order chi connectivity index (χ0) is 13.0. The molecule has 1 aromatic carbocycles. The fourth-order valence-electron chi connectivity index (χ4n) is 1.73. The lowest BCUT2D eigenvalue weighted by molar-refractivity contribution is 0.385. The van der Waals surface area contributed by atoms with Gasteiger partial charge in [0.1, 0.15) is 0 Å². The molecule has 0 spiro atoms. The SMILES string of the molecule is COc1cc(C(C)NCc2cccs2)ccc1F. The first-order valence-electron chi connectivity index (χ1n) is 5.80. The highest BCUT2D eigenvalue weighted by Crippen LogP contribution is 2.22. The molecule has 18 heavy (non-hydrogen) atoms. The molecule has 4 heteroatoms. The van der Waals surface area contributed by atoms with E-state index >= 15 is 0 Å². The summed E-state index contributed by atoms with van der Waals surface area (Å²) in [5.41, 5.74) is 1.02. The third kappa shape index (κ3) is 3.09. The summed E-state index contributed by atoms with van der Waals surface area (Å²) in [6, 6.07) is 9.24. The largest absolute Gasteiger partial charge is 0.494 e. The second-order valence-electron chi connectivity index (χ2n) is 4.08. The van der Waals surface area contributed by atoms with Crippen LogP contribution in [-0.4, -0.2) is 7.11 Å². The third-order valence-electron chi connectivity index (χ3n) is 2.84. The average Bonchev–Trinajstić information content (AvgIpc) is 2.89. The van der Waals surface area contributed by atoms with Crippen LogP contribution in [0, 0.1) is 5.82 Å². The zero-order valence-corrected chi connectivity index (χ0v) is 11.3. The fraction of sp³-hybridized carbons (Fsp3) is 0.286. The molecule has 0 bridgehead atoms. The van der Waals surface area contributed by atoms with Gasteiger partial charge >= 0.3 is 0 Å². The molecule has 1 N–H and O–H groups in total. The van der Waals surface area contributed by atoms with E-state index in [-0.39, 0.29) is 17.6 Å². The Labute approximate surface area is 110 Å². The van der Waals surface area contributed by atoms with Crippen LogP contribution in [0.2, 0.25) is 0 Å². The van der Waals surface area contributed by atoms with Gasteiger partial charge in [-0.2, -0.15) is 0 Å². The standard InChI is InChI=1S/C14H16FNOS/c1-10(16-9-12-4-3-7-18-12)11-5-6-13(15)14(8-11)17-2/h3-8,10,16H,9H2,1-2H3. The normalized spacial score (nSPS) is 12.4. The summed E-state index contributed by atoms with van der Waals surface area (Å²) >= 11 is 1.72. The zero-order valence-electron chi connectivity index (χ0n) is 10.4. The summed E-state index contributed by atoms with van der Waals surface area (Å²) in [5, 5.41) is 5.46. The minimum absolute atomic E-state index is 0.154. The molecule has 2 rings (SSSR count). The lowest BCUT2D eigenvalue weighted by atomic mass is 10.1. The molecule has 0 aliphatic carbocycles. The van der Waals surface area contributed by atoms with Crippen molar-refractivity contribution in [2.75, 3.05) is 7.11 Å². The number of hydrogen-bond acceptors (Lipinski definition) is 3. The molecule has 2 aromatic rings. The number of hydrogen-bond donors (Lipinski definition) is 1. The van der Waals surface area contributed by atoms with Gasteiger partial charge in [-0.05, 0) is 36.1 Å². The Balaban J connectivity index is 2.02. The smallest absolute Gasteiger partial charge is 0.165 e. The van der Waals surface area contributed by atoms with E-state index in [2.05, 4.69) is 23.7 Å². The molecular weight excluding hydrogens is 249 g/mol. The lowest BCUT2D eigenvalue weighted by Gasteiger charge is -2.14. The van der Waals surface area contributed by atoms with Crippen LogP contribution in [-0.2, 0) is 6.54 Å². The van der Waals surface area contributed by atoms with E-state index < -0.39 is 0 Å². The Bertz CT molecular complexity index is 499. The summed E-state index contributed by atoms with van der Waals surface area (Å²) in [6.07, 6.45) is 0. The minimum Gasteiger partial charge on any atom is -0.494 e. The second-order valence-corrected chi connectivity index (χ2v) is 5.11. The average molecular weight is 265 g/mol. The Hall–Kier alpha value is -1.39. The van der Waals surface area contributed by atoms with E-state index in [0.717, 1.165) is 12.1 Å². The molecule has 0 radical (unpaired) electrons. The number of ether oxygens (including phenoxy) is 1. The van der Waals surface area contributed by atoms with E-state index in [1.165, 1.54) is 18.1 Å². The van der Waals surface area contributed by atoms with Gasteiger partial charge in [0.05, 0.1) is 7.11 Å². The molecule has 0 amide bonds. The molecule has 1 unspecified atom stereocenters. The van der Waals surface area contributed by atoms with E-state index in [0.29, 0.717) is 0 Å². The highest BCUT2D eigenvalue weighted by Gasteiger charge is 2.09. The van der Waals surface area contributed by atoms with Crippen LogP contribution in [0.1, 0.15) is 23.4 Å². The molecule has 0 fully saturated rings. The maximum atomic E-state index is 13.3. The van der Waals surface area contributed by atoms with Crippen molar-refractivity contribution in [3.63, 3.8) is 0 Å². The van der Waals surface area contributed by atoms with Gasteiger partial charge in [-0.15, -0.1) is 11.3 Å². The van der Waals surface area contributed by atoms with Gasteiger partial charge in [-0.3, -0.25) is 0 Å². The molecule has 2 nitrogen and oxygen atoms in total. The van der Waals surface area contributed by atoms with E-state index in [9.17, 15) is 4.39 Å². The maximum Gasteiger partial charge on any atom is 0.165 e. The van der Waals surface area contributed by atoms with E-state index in [1.807, 2.05) is 6.07 Å². The van der Waals surface area contributed by atoms with Crippen molar-refractivity contribution in [3.8, 4) is 5.75 Å². The molecular formula is C14H16FNOS. The molecule has 0 aliphatic heterocycles. The van der Waals surface area contributed by atoms with Crippen LogP contribution in [0.3, 0.4) is 0 Å². The molecule has 0 aliphatic rings. The van der Waals surface area contributed by atoms with Gasteiger partial charge in [-0.1, -0.05) is 12.1 Å². The van der Waals surface area contributed by atoms with Crippen molar-refractivity contribution in [2.45, 2.75) is 19.5 Å². The number of methoxy groups -OCH3 is 1. The van der Waals surface area contributed by atoms with Gasteiger partial charge in [0.2, 0.25) is 0 Å². The Morgan fingerprint density at radius 2 is 2.22 bits per heavy atom. The summed E-state index contributed by atoms with van der Waals surface area (Å²) in [6.45, 7) is 2.87. The van der Waals surface area contributed by atoms with E-state index in [4.69, 9.17) is 4.74 Å². The van der Waals surface area contributed by atoms with Gasteiger partial charge in [0.15, 0.2) is 11.6 Å². The van der Waals surface area contributed by atoms with Gasteiger partial charge in [0, 0.05) is 17.5 Å². The molecule has 96 valence electrons. The van der Waals surface area contributed by atoms with Crippen molar-refractivity contribution in [1.29, 1.82) is 0 Å². The van der Waals surface area contributed by atoms with Crippen molar-refractivity contribution in [3.05, 3.63) is 52.0 Å². The first-order chi connectivity index (χ1) is 8.70. The number of rotatable bonds is 5. The van der Waals surface area contributed by atoms with Crippen LogP contribution in [0.5, 0.6) is 5.75 Å². The monoisotopic (exact) mass is 265 g/mol. The van der Waals surface area contributed by atoms with Gasteiger partial charge in [-0.25, -0.2) is 4.39 Å². The number of thiophene rings is 1. The minimum atomic E-state index is -0.327. The lowest BCUT2D eigenvalue weighted by Crippen LogP contribution is -2.17. The fourth-order valence-corrected chi connectivity index (χ4v) is 2.39. The second kappa shape index (κ2) is 5.98. The quantitative estimate of drug-likeness (QED) is 0.889. The van der Waals surface area contributed by atoms with Crippen molar-refractivity contribution in [2.24, 2.45) is 0 Å². The summed E-state index contributed by atoms with van der Waals surface area (Å²) in [5.74, 6) is -0.0380. The highest BCUT2D eigenvalue weighted by atomic mass is 32.1. The number of nitrogens with one attached hydrogen (secondary N) is 1. The Kier molecular flexibility index (Phi) is 4.33. The van der Waals surface area contributed by atoms with Gasteiger partial charge in [0.25, 0.3) is 0 Å². The van der Waals surface area contributed by atoms with Crippen molar-refractivity contribution in [1.82, 2.24) is 5.32 Å². The molecule has 0 saturated heterocycles. The van der Waals surface area contributed by atoms with Crippen LogP contribution in [0.25, 0.3) is 0 Å². The predicted octanol–water partition coefficient (Wildman–Crippen LogP) is 3.75. The molecule has 1 atom stereocenters. The van der Waals surface area contributed by atoms with Crippen molar-refractivity contribution >= 4 is 11.3 Å². The van der Waals surface area contributed by atoms with Gasteiger partial charge < -0.3 is 10.1 Å². The van der Waals surface area contributed by atoms with Crippen LogP contribution in [0.15, 0.2) is 35.7 Å². The van der Waals surface area contributed by atoms with Crippen LogP contribution in [0.4, 0.5) is 4.39 Å². The number of benzene rings is 1. The van der Waals surface area contributed by atoms with Crippen LogP contribution >= 0.6 is 11.3 Å². The number of halogens is 1. The van der Waals surface area contributed by atoms with E-state index in [1.54, 1.807) is 23.5 Å². The molecule has 1 aromatic heterocycles. The topological polar surface area (TPSA) is 21.3 Å². The maximum absolute atomic E-state index is 13.3. The molecule has 0 saturated carbocycles. The van der Waals surface area contributed by atoms with Crippen molar-refractivity contribution < 1.29 is 9.13 Å². The third-order valence-corrected chi connectivity index (χ3v) is 3.71.